The van der Waals surface area contributed by atoms with Crippen LogP contribution in [0.1, 0.15) is 10.5 Å². The lowest BCUT2D eigenvalue weighted by Gasteiger charge is -2.05. The maximum absolute atomic E-state index is 11.9. The summed E-state index contributed by atoms with van der Waals surface area (Å²) in [4.78, 5) is 17.0. The van der Waals surface area contributed by atoms with Crippen molar-refractivity contribution >= 4 is 35.0 Å². The second-order valence-corrected chi connectivity index (χ2v) is 4.86. The lowest BCUT2D eigenvalue weighted by Crippen LogP contribution is -2.13. The molecule has 1 aromatic carbocycles. The van der Waals surface area contributed by atoms with Gasteiger partial charge in [-0.1, -0.05) is 11.6 Å². The number of nitrogens with zero attached hydrogens (tertiary/aromatic N) is 1. The number of carbonyl (C=O) groups excluding carboxylic acids is 1. The van der Waals surface area contributed by atoms with E-state index in [9.17, 15) is 4.79 Å². The first-order valence-electron chi connectivity index (χ1n) is 5.26. The minimum Gasteiger partial charge on any atom is -0.321 e. The van der Waals surface area contributed by atoms with Crippen LogP contribution in [0.5, 0.6) is 0 Å². The van der Waals surface area contributed by atoms with Crippen molar-refractivity contribution in [1.82, 2.24) is 4.98 Å². The molecule has 5 heteroatoms. The molecule has 0 atom stereocenters. The highest BCUT2D eigenvalue weighted by molar-refractivity contribution is 7.98. The summed E-state index contributed by atoms with van der Waals surface area (Å²) in [6.07, 6.45) is 3.51. The average molecular weight is 279 g/mol. The first-order valence-corrected chi connectivity index (χ1v) is 6.86. The molecule has 0 radical (unpaired) electrons. The van der Waals surface area contributed by atoms with Crippen LogP contribution in [0.25, 0.3) is 0 Å². The topological polar surface area (TPSA) is 42.0 Å². The molecular formula is C13H11ClN2OS. The Morgan fingerprint density at radius 3 is 2.61 bits per heavy atom. The number of anilines is 1. The Morgan fingerprint density at radius 2 is 2.00 bits per heavy atom. The predicted molar refractivity (Wildman–Crippen MR) is 75.4 cm³/mol. The second kappa shape index (κ2) is 5.89. The predicted octanol–water partition coefficient (Wildman–Crippen LogP) is 3.71. The van der Waals surface area contributed by atoms with Gasteiger partial charge in [-0.05, 0) is 42.7 Å². The maximum Gasteiger partial charge on any atom is 0.274 e. The molecule has 0 aliphatic carbocycles. The summed E-state index contributed by atoms with van der Waals surface area (Å²) in [5.41, 5.74) is 1.04. The van der Waals surface area contributed by atoms with Crippen molar-refractivity contribution in [2.75, 3.05) is 11.6 Å². The fourth-order valence-corrected chi connectivity index (χ4v) is 1.97. The van der Waals surface area contributed by atoms with Crippen molar-refractivity contribution in [2.24, 2.45) is 0 Å². The van der Waals surface area contributed by atoms with Crippen LogP contribution in [0.2, 0.25) is 5.02 Å². The molecule has 0 aliphatic rings. The minimum absolute atomic E-state index is 0.269. The van der Waals surface area contributed by atoms with Crippen LogP contribution in [-0.2, 0) is 0 Å². The number of hydrogen-bond donors (Lipinski definition) is 1. The second-order valence-electron chi connectivity index (χ2n) is 3.54. The quantitative estimate of drug-likeness (QED) is 0.870. The number of pyridine rings is 1. The fraction of sp³-hybridized carbons (Fsp3) is 0.0769. The van der Waals surface area contributed by atoms with E-state index in [-0.39, 0.29) is 5.91 Å². The van der Waals surface area contributed by atoms with Gasteiger partial charge in [0.25, 0.3) is 5.91 Å². The number of carbonyl (C=O) groups is 1. The molecule has 1 amide bonds. The van der Waals surface area contributed by atoms with Crippen molar-refractivity contribution < 1.29 is 4.79 Å². The van der Waals surface area contributed by atoms with Crippen LogP contribution in [0.4, 0.5) is 5.69 Å². The Labute approximate surface area is 115 Å². The smallest absolute Gasteiger partial charge is 0.274 e. The molecule has 92 valence electrons. The Bertz CT molecular complexity index is 557. The van der Waals surface area contributed by atoms with Crippen molar-refractivity contribution in [2.45, 2.75) is 4.90 Å². The molecule has 0 unspecified atom stereocenters. The summed E-state index contributed by atoms with van der Waals surface area (Å²) in [6.45, 7) is 0. The van der Waals surface area contributed by atoms with E-state index < -0.39 is 0 Å². The van der Waals surface area contributed by atoms with Crippen LogP contribution >= 0.6 is 23.4 Å². The molecule has 3 nitrogen and oxygen atoms in total. The number of aromatic nitrogens is 1. The molecule has 0 saturated heterocycles. The van der Waals surface area contributed by atoms with Crippen LogP contribution in [0.15, 0.2) is 47.5 Å². The van der Waals surface area contributed by atoms with Crippen molar-refractivity contribution in [1.29, 1.82) is 0 Å². The lowest BCUT2D eigenvalue weighted by atomic mass is 10.3. The number of nitrogens with one attached hydrogen (secondary N) is 1. The van der Waals surface area contributed by atoms with Crippen LogP contribution in [0.3, 0.4) is 0 Å². The maximum atomic E-state index is 11.9. The number of thioether (sulfide) groups is 1. The molecule has 18 heavy (non-hydrogen) atoms. The number of amides is 1. The molecule has 0 spiro atoms. The zero-order valence-corrected chi connectivity index (χ0v) is 11.3. The Balaban J connectivity index is 2.11. The van der Waals surface area contributed by atoms with Crippen molar-refractivity contribution in [3.8, 4) is 0 Å². The van der Waals surface area contributed by atoms with E-state index in [1.807, 2.05) is 30.5 Å². The SMILES string of the molecule is CSc1ccc(NC(=O)c2cc(Cl)ccn2)cc1. The largest absolute Gasteiger partial charge is 0.321 e. The van der Waals surface area contributed by atoms with Gasteiger partial charge in [-0.3, -0.25) is 9.78 Å². The molecule has 0 fully saturated rings. The van der Waals surface area contributed by atoms with Crippen molar-refractivity contribution in [3.63, 3.8) is 0 Å². The Morgan fingerprint density at radius 1 is 1.28 bits per heavy atom. The number of benzene rings is 1. The average Bonchev–Trinajstić information content (AvgIpc) is 2.39. The fourth-order valence-electron chi connectivity index (χ4n) is 1.40. The van der Waals surface area contributed by atoms with Gasteiger partial charge in [0.05, 0.1) is 0 Å². The Kier molecular flexibility index (Phi) is 4.23. The van der Waals surface area contributed by atoms with E-state index in [2.05, 4.69) is 10.3 Å². The third kappa shape index (κ3) is 3.24. The first-order chi connectivity index (χ1) is 8.69. The summed E-state index contributed by atoms with van der Waals surface area (Å²) in [7, 11) is 0. The number of halogens is 1. The third-order valence-electron chi connectivity index (χ3n) is 2.30. The summed E-state index contributed by atoms with van der Waals surface area (Å²) in [5.74, 6) is -0.269. The standard InChI is InChI=1S/C13H11ClN2OS/c1-18-11-4-2-10(3-5-11)16-13(17)12-8-9(14)6-7-15-12/h2-8H,1H3,(H,16,17). The summed E-state index contributed by atoms with van der Waals surface area (Å²) in [5, 5.41) is 3.26. The molecule has 0 aliphatic heterocycles. The van der Waals surface area contributed by atoms with Crippen molar-refractivity contribution in [3.05, 3.63) is 53.3 Å². The van der Waals surface area contributed by atoms with Crippen LogP contribution in [0, 0.1) is 0 Å². The normalized spacial score (nSPS) is 10.1. The van der Waals surface area contributed by atoms with Gasteiger partial charge in [-0.2, -0.15) is 0 Å². The first kappa shape index (κ1) is 12.9. The monoisotopic (exact) mass is 278 g/mol. The molecule has 2 rings (SSSR count). The lowest BCUT2D eigenvalue weighted by molar-refractivity contribution is 0.102. The van der Waals surface area contributed by atoms with Gasteiger partial charge >= 0.3 is 0 Å². The van der Waals surface area contributed by atoms with E-state index in [1.165, 1.54) is 12.3 Å². The van der Waals surface area contributed by atoms with E-state index in [0.717, 1.165) is 10.6 Å². The van der Waals surface area contributed by atoms with E-state index >= 15 is 0 Å². The van der Waals surface area contributed by atoms with Gasteiger partial charge in [-0.25, -0.2) is 0 Å². The van der Waals surface area contributed by atoms with E-state index in [1.54, 1.807) is 17.8 Å². The molecule has 0 bridgehead atoms. The summed E-state index contributed by atoms with van der Waals surface area (Å²) >= 11 is 7.46. The highest BCUT2D eigenvalue weighted by Gasteiger charge is 2.07. The zero-order valence-electron chi connectivity index (χ0n) is 9.68. The highest BCUT2D eigenvalue weighted by atomic mass is 35.5. The molecule has 1 N–H and O–H groups in total. The molecule has 1 heterocycles. The molecule has 0 saturated carbocycles. The minimum atomic E-state index is -0.269. The van der Waals surface area contributed by atoms with E-state index in [0.29, 0.717) is 10.7 Å². The van der Waals surface area contributed by atoms with Gasteiger partial charge in [0, 0.05) is 21.8 Å². The van der Waals surface area contributed by atoms with Crippen LogP contribution < -0.4 is 5.32 Å². The van der Waals surface area contributed by atoms with E-state index in [4.69, 9.17) is 11.6 Å². The molecule has 2 aromatic rings. The molecular weight excluding hydrogens is 268 g/mol. The van der Waals surface area contributed by atoms with Gasteiger partial charge in [-0.15, -0.1) is 11.8 Å². The van der Waals surface area contributed by atoms with Gasteiger partial charge in [0.1, 0.15) is 5.69 Å². The summed E-state index contributed by atoms with van der Waals surface area (Å²) < 4.78 is 0. The Hall–Kier alpha value is -1.52. The number of rotatable bonds is 3. The molecule has 1 aromatic heterocycles. The van der Waals surface area contributed by atoms with Gasteiger partial charge in [0.2, 0.25) is 0 Å². The third-order valence-corrected chi connectivity index (χ3v) is 3.28. The summed E-state index contributed by atoms with van der Waals surface area (Å²) in [6, 6.07) is 10.8. The van der Waals surface area contributed by atoms with Gasteiger partial charge in [0.15, 0.2) is 0 Å². The van der Waals surface area contributed by atoms with Gasteiger partial charge < -0.3 is 5.32 Å². The highest BCUT2D eigenvalue weighted by Crippen LogP contribution is 2.18. The number of hydrogen-bond acceptors (Lipinski definition) is 3. The zero-order chi connectivity index (χ0) is 13.0. The van der Waals surface area contributed by atoms with Crippen LogP contribution in [-0.4, -0.2) is 17.1 Å².